The summed E-state index contributed by atoms with van der Waals surface area (Å²) < 4.78 is 48.4. The Kier molecular flexibility index (Phi) is 4.71. The van der Waals surface area contributed by atoms with Gasteiger partial charge in [-0.3, -0.25) is 9.78 Å². The number of benzene rings is 2. The Morgan fingerprint density at radius 1 is 1.00 bits per heavy atom. The number of amides is 1. The summed E-state index contributed by atoms with van der Waals surface area (Å²) in [6.07, 6.45) is -1.29. The summed E-state index contributed by atoms with van der Waals surface area (Å²) in [6, 6.07) is 5.79. The number of carbonyl (C=O) groups excluding carboxylic acids is 1. The molecule has 0 radical (unpaired) electrons. The molecule has 0 fully saturated rings. The number of halogens is 5. The molecule has 0 spiro atoms. The third-order valence-electron chi connectivity index (χ3n) is 3.83. The fourth-order valence-electron chi connectivity index (χ4n) is 2.55. The van der Waals surface area contributed by atoms with Gasteiger partial charge < -0.3 is 14.8 Å². The van der Waals surface area contributed by atoms with Crippen molar-refractivity contribution in [1.29, 1.82) is 0 Å². The molecule has 0 bridgehead atoms. The lowest BCUT2D eigenvalue weighted by Crippen LogP contribution is -2.25. The minimum Gasteiger partial charge on any atom is -0.395 e. The van der Waals surface area contributed by atoms with Crippen LogP contribution in [0, 0.1) is 5.82 Å². The predicted molar refractivity (Wildman–Crippen MR) is 98.0 cm³/mol. The topological polar surface area (TPSA) is 73.3 Å². The maximum atomic E-state index is 13.3. The molecule has 1 aliphatic heterocycles. The number of ether oxygens (including phenoxy) is 2. The summed E-state index contributed by atoms with van der Waals surface area (Å²) in [5.41, 5.74) is 0.431. The molecule has 2 heterocycles. The van der Waals surface area contributed by atoms with Crippen molar-refractivity contribution in [1.82, 2.24) is 9.97 Å². The van der Waals surface area contributed by atoms with Crippen molar-refractivity contribution < 1.29 is 27.4 Å². The van der Waals surface area contributed by atoms with E-state index in [1.54, 1.807) is 0 Å². The highest BCUT2D eigenvalue weighted by molar-refractivity contribution is 6.34. The number of nitrogens with one attached hydrogen (secondary N) is 1. The smallest absolute Gasteiger partial charge is 0.395 e. The van der Waals surface area contributed by atoms with Crippen molar-refractivity contribution in [2.45, 2.75) is 6.29 Å². The van der Waals surface area contributed by atoms with Crippen LogP contribution in [0.1, 0.15) is 10.4 Å². The number of rotatable bonds is 3. The van der Waals surface area contributed by atoms with E-state index in [9.17, 15) is 18.0 Å². The number of nitrogens with zero attached hydrogens (tertiary/aromatic N) is 2. The Labute approximate surface area is 171 Å². The van der Waals surface area contributed by atoms with Crippen LogP contribution >= 0.6 is 23.2 Å². The van der Waals surface area contributed by atoms with Crippen LogP contribution in [-0.4, -0.2) is 22.2 Å². The Hall–Kier alpha value is -3.04. The SMILES string of the molecule is O=C(Nc1cnc(-c2cc3c(cc2Cl)OC(F)(F)O3)cn1)c1cc(F)ccc1Cl. The highest BCUT2D eigenvalue weighted by Gasteiger charge is 2.43. The lowest BCUT2D eigenvalue weighted by Gasteiger charge is -2.08. The van der Waals surface area contributed by atoms with Crippen LogP contribution in [0.5, 0.6) is 11.5 Å². The summed E-state index contributed by atoms with van der Waals surface area (Å²) >= 11 is 12.0. The van der Waals surface area contributed by atoms with E-state index in [0.29, 0.717) is 0 Å². The summed E-state index contributed by atoms with van der Waals surface area (Å²) in [5.74, 6) is -1.65. The van der Waals surface area contributed by atoms with Crippen LogP contribution < -0.4 is 14.8 Å². The first-order valence-electron chi connectivity index (χ1n) is 7.90. The number of anilines is 1. The van der Waals surface area contributed by atoms with Crippen molar-refractivity contribution in [3.8, 4) is 22.8 Å². The predicted octanol–water partition coefficient (Wildman–Crippen LogP) is 5.16. The van der Waals surface area contributed by atoms with Crippen LogP contribution in [0.25, 0.3) is 11.3 Å². The van der Waals surface area contributed by atoms with E-state index in [-0.39, 0.29) is 44.2 Å². The minimum absolute atomic E-state index is 0.0578. The van der Waals surface area contributed by atoms with Gasteiger partial charge in [0, 0.05) is 11.6 Å². The Balaban J connectivity index is 1.56. The van der Waals surface area contributed by atoms with Crippen LogP contribution in [-0.2, 0) is 0 Å². The van der Waals surface area contributed by atoms with Crippen molar-refractivity contribution in [3.05, 3.63) is 64.2 Å². The first-order chi connectivity index (χ1) is 13.7. The Morgan fingerprint density at radius 2 is 1.72 bits per heavy atom. The normalized spacial score (nSPS) is 14.0. The van der Waals surface area contributed by atoms with Gasteiger partial charge in [0.25, 0.3) is 5.91 Å². The molecule has 1 amide bonds. The second kappa shape index (κ2) is 7.09. The van der Waals surface area contributed by atoms with Gasteiger partial charge in [0.2, 0.25) is 0 Å². The first kappa shape index (κ1) is 19.3. The Bertz CT molecular complexity index is 1130. The maximum Gasteiger partial charge on any atom is 0.586 e. The van der Waals surface area contributed by atoms with E-state index in [1.165, 1.54) is 30.6 Å². The fraction of sp³-hybridized carbons (Fsp3) is 0.0556. The summed E-state index contributed by atoms with van der Waals surface area (Å²) in [4.78, 5) is 20.4. The molecule has 0 atom stereocenters. The first-order valence-corrected chi connectivity index (χ1v) is 8.66. The van der Waals surface area contributed by atoms with Crippen molar-refractivity contribution in [3.63, 3.8) is 0 Å². The summed E-state index contributed by atoms with van der Waals surface area (Å²) in [5, 5.41) is 2.58. The van der Waals surface area contributed by atoms with Crippen molar-refractivity contribution in [2.24, 2.45) is 0 Å². The van der Waals surface area contributed by atoms with Gasteiger partial charge in [0.1, 0.15) is 5.82 Å². The number of fused-ring (bicyclic) bond motifs is 1. The number of aromatic nitrogens is 2. The Morgan fingerprint density at radius 3 is 2.41 bits per heavy atom. The van der Waals surface area contributed by atoms with Crippen LogP contribution in [0.3, 0.4) is 0 Å². The second-order valence-corrected chi connectivity index (χ2v) is 6.63. The molecule has 2 aromatic carbocycles. The van der Waals surface area contributed by atoms with Gasteiger partial charge >= 0.3 is 6.29 Å². The molecule has 0 saturated carbocycles. The lowest BCUT2D eigenvalue weighted by molar-refractivity contribution is -0.286. The number of carbonyl (C=O) groups is 1. The zero-order chi connectivity index (χ0) is 20.8. The molecule has 0 unspecified atom stereocenters. The summed E-state index contributed by atoms with van der Waals surface area (Å²) in [7, 11) is 0. The summed E-state index contributed by atoms with van der Waals surface area (Å²) in [6.45, 7) is 0. The lowest BCUT2D eigenvalue weighted by atomic mass is 10.1. The standard InChI is InChI=1S/C18H8Cl2F3N3O3/c19-11-2-1-8(21)3-10(11)17(27)26-16-7-24-13(6-25-16)9-4-14-15(5-12(9)20)29-18(22,23)28-14/h1-7H,(H,25,26,27). The number of alkyl halides is 2. The molecule has 1 N–H and O–H groups in total. The van der Waals surface area contributed by atoms with Crippen LogP contribution in [0.15, 0.2) is 42.7 Å². The average Bonchev–Trinajstić information content (AvgIpc) is 2.96. The van der Waals surface area contributed by atoms with Crippen molar-refractivity contribution >= 4 is 34.9 Å². The number of hydrogen-bond donors (Lipinski definition) is 1. The molecule has 6 nitrogen and oxygen atoms in total. The average molecular weight is 442 g/mol. The molecule has 4 rings (SSSR count). The van der Waals surface area contributed by atoms with E-state index in [2.05, 4.69) is 24.8 Å². The van der Waals surface area contributed by atoms with E-state index in [1.807, 2.05) is 0 Å². The van der Waals surface area contributed by atoms with Gasteiger partial charge in [-0.1, -0.05) is 23.2 Å². The van der Waals surface area contributed by atoms with Gasteiger partial charge in [-0.25, -0.2) is 9.37 Å². The highest BCUT2D eigenvalue weighted by atomic mass is 35.5. The molecule has 1 aromatic heterocycles. The van der Waals surface area contributed by atoms with E-state index in [0.717, 1.165) is 12.1 Å². The molecule has 1 aliphatic rings. The zero-order valence-electron chi connectivity index (χ0n) is 14.1. The van der Waals surface area contributed by atoms with E-state index in [4.69, 9.17) is 23.2 Å². The second-order valence-electron chi connectivity index (χ2n) is 5.81. The van der Waals surface area contributed by atoms with Gasteiger partial charge in [-0.2, -0.15) is 0 Å². The quantitative estimate of drug-likeness (QED) is 0.607. The molecule has 29 heavy (non-hydrogen) atoms. The van der Waals surface area contributed by atoms with Gasteiger partial charge in [0.15, 0.2) is 17.3 Å². The third-order valence-corrected chi connectivity index (χ3v) is 4.48. The van der Waals surface area contributed by atoms with Gasteiger partial charge in [-0.05, 0) is 24.3 Å². The third kappa shape index (κ3) is 3.92. The monoisotopic (exact) mass is 441 g/mol. The van der Waals surface area contributed by atoms with Gasteiger partial charge in [0.05, 0.1) is 33.7 Å². The molecule has 148 valence electrons. The molecule has 3 aromatic rings. The van der Waals surface area contributed by atoms with Crippen LogP contribution in [0.2, 0.25) is 10.0 Å². The fourth-order valence-corrected chi connectivity index (χ4v) is 3.01. The molecule has 0 saturated heterocycles. The molecule has 11 heteroatoms. The molecular weight excluding hydrogens is 434 g/mol. The van der Waals surface area contributed by atoms with Crippen molar-refractivity contribution in [2.75, 3.05) is 5.32 Å². The minimum atomic E-state index is -3.78. The maximum absolute atomic E-state index is 13.3. The highest BCUT2D eigenvalue weighted by Crippen LogP contribution is 2.45. The van der Waals surface area contributed by atoms with E-state index >= 15 is 0 Å². The molecular formula is C18H8Cl2F3N3O3. The number of hydrogen-bond acceptors (Lipinski definition) is 5. The zero-order valence-corrected chi connectivity index (χ0v) is 15.6. The van der Waals surface area contributed by atoms with Crippen LogP contribution in [0.4, 0.5) is 19.0 Å². The van der Waals surface area contributed by atoms with E-state index < -0.39 is 18.0 Å². The largest absolute Gasteiger partial charge is 0.586 e. The molecule has 0 aliphatic carbocycles. The van der Waals surface area contributed by atoms with Gasteiger partial charge in [-0.15, -0.1) is 8.78 Å².